The lowest BCUT2D eigenvalue weighted by Gasteiger charge is -2.13. The Hall–Kier alpha value is -1.47. The van der Waals surface area contributed by atoms with E-state index in [9.17, 15) is 0 Å². The van der Waals surface area contributed by atoms with Crippen LogP contribution < -0.4 is 4.74 Å². The van der Waals surface area contributed by atoms with Gasteiger partial charge in [0.05, 0.1) is 5.88 Å². The average molecular weight is 275 g/mol. The lowest BCUT2D eigenvalue weighted by Crippen LogP contribution is -2.00. The molecule has 0 saturated heterocycles. The van der Waals surface area contributed by atoms with E-state index < -0.39 is 0 Å². The summed E-state index contributed by atoms with van der Waals surface area (Å²) in [5.41, 5.74) is 5.90. The average Bonchev–Trinajstić information content (AvgIpc) is 2.36. The summed E-state index contributed by atoms with van der Waals surface area (Å²) < 4.78 is 5.97. The zero-order chi connectivity index (χ0) is 13.8. The Kier molecular flexibility index (Phi) is 4.49. The number of para-hydroxylation sites is 1. The van der Waals surface area contributed by atoms with Crippen LogP contribution in [0, 0.1) is 20.8 Å². The van der Waals surface area contributed by atoms with E-state index >= 15 is 0 Å². The van der Waals surface area contributed by atoms with Gasteiger partial charge in [0.2, 0.25) is 0 Å². The van der Waals surface area contributed by atoms with E-state index in [-0.39, 0.29) is 0 Å². The number of ether oxygens (including phenoxy) is 1. The van der Waals surface area contributed by atoms with Crippen LogP contribution in [-0.2, 0) is 12.5 Å². The molecule has 1 nitrogen and oxygen atoms in total. The maximum Gasteiger partial charge on any atom is 0.127 e. The molecule has 0 fully saturated rings. The Morgan fingerprint density at radius 3 is 2.32 bits per heavy atom. The minimum absolute atomic E-state index is 0.476. The number of aryl methyl sites for hydroxylation is 3. The van der Waals surface area contributed by atoms with Crippen LogP contribution in [0.15, 0.2) is 36.4 Å². The first-order valence-electron chi connectivity index (χ1n) is 6.44. The Bertz CT molecular complexity index is 555. The van der Waals surface area contributed by atoms with Gasteiger partial charge < -0.3 is 4.74 Å². The smallest absolute Gasteiger partial charge is 0.127 e. The normalized spacial score (nSPS) is 10.5. The van der Waals surface area contributed by atoms with Crippen LogP contribution in [0.4, 0.5) is 0 Å². The number of alkyl halides is 1. The van der Waals surface area contributed by atoms with Gasteiger partial charge in [-0.25, -0.2) is 0 Å². The van der Waals surface area contributed by atoms with Crippen molar-refractivity contribution in [3.8, 4) is 5.75 Å². The topological polar surface area (TPSA) is 9.23 Å². The molecule has 0 aliphatic carbocycles. The van der Waals surface area contributed by atoms with Crippen LogP contribution in [0.25, 0.3) is 0 Å². The molecule has 2 heteroatoms. The second-order valence-electron chi connectivity index (χ2n) is 4.98. The molecule has 0 aromatic heterocycles. The highest BCUT2D eigenvalue weighted by Gasteiger charge is 2.06. The summed E-state index contributed by atoms with van der Waals surface area (Å²) in [6.07, 6.45) is 0. The number of hydrogen-bond acceptors (Lipinski definition) is 1. The fraction of sp³-hybridized carbons (Fsp3) is 0.294. The van der Waals surface area contributed by atoms with E-state index in [4.69, 9.17) is 16.3 Å². The number of benzene rings is 2. The van der Waals surface area contributed by atoms with Crippen molar-refractivity contribution in [2.45, 2.75) is 33.3 Å². The summed E-state index contributed by atoms with van der Waals surface area (Å²) in [5, 5.41) is 0. The number of rotatable bonds is 4. The summed E-state index contributed by atoms with van der Waals surface area (Å²) in [6.45, 7) is 6.84. The minimum atomic E-state index is 0.476. The van der Waals surface area contributed by atoms with Crippen molar-refractivity contribution in [1.29, 1.82) is 0 Å². The predicted molar refractivity (Wildman–Crippen MR) is 81.0 cm³/mol. The molecule has 2 rings (SSSR count). The van der Waals surface area contributed by atoms with Gasteiger partial charge in [0.1, 0.15) is 12.4 Å². The van der Waals surface area contributed by atoms with Crippen LogP contribution >= 0.6 is 11.6 Å². The molecule has 0 unspecified atom stereocenters. The van der Waals surface area contributed by atoms with Crippen LogP contribution in [0.5, 0.6) is 5.75 Å². The molecule has 0 aliphatic heterocycles. The Labute approximate surface area is 120 Å². The van der Waals surface area contributed by atoms with Crippen molar-refractivity contribution in [2.24, 2.45) is 0 Å². The third-order valence-corrected chi connectivity index (χ3v) is 3.39. The molecular formula is C17H19ClO. The van der Waals surface area contributed by atoms with Gasteiger partial charge in [-0.05, 0) is 31.9 Å². The number of halogens is 1. The van der Waals surface area contributed by atoms with Gasteiger partial charge in [-0.1, -0.05) is 47.5 Å². The molecule has 100 valence electrons. The Morgan fingerprint density at radius 1 is 1.00 bits per heavy atom. The first-order valence-corrected chi connectivity index (χ1v) is 6.98. The van der Waals surface area contributed by atoms with Gasteiger partial charge in [0.25, 0.3) is 0 Å². The highest BCUT2D eigenvalue weighted by atomic mass is 35.5. The second kappa shape index (κ2) is 6.12. The van der Waals surface area contributed by atoms with Gasteiger partial charge in [-0.15, -0.1) is 11.6 Å². The van der Waals surface area contributed by atoms with E-state index in [2.05, 4.69) is 32.0 Å². The van der Waals surface area contributed by atoms with Crippen LogP contribution in [0.2, 0.25) is 0 Å². The van der Waals surface area contributed by atoms with Gasteiger partial charge in [0, 0.05) is 5.56 Å². The zero-order valence-corrected chi connectivity index (χ0v) is 12.4. The molecule has 0 N–H and O–H groups in total. The van der Waals surface area contributed by atoms with Gasteiger partial charge in [0.15, 0.2) is 0 Å². The molecular weight excluding hydrogens is 256 g/mol. The maximum absolute atomic E-state index is 5.97. The summed E-state index contributed by atoms with van der Waals surface area (Å²) in [4.78, 5) is 0. The standard InChI is InChI=1S/C17H19ClO/c1-12-7-13(2)9-15(8-12)11-19-17-14(3)5-4-6-16(17)10-18/h4-9H,10-11H2,1-3H3. The molecule has 0 saturated carbocycles. The lowest BCUT2D eigenvalue weighted by molar-refractivity contribution is 0.301. The van der Waals surface area contributed by atoms with Crippen molar-refractivity contribution in [3.63, 3.8) is 0 Å². The molecule has 0 atom stereocenters. The Balaban J connectivity index is 2.18. The number of hydrogen-bond donors (Lipinski definition) is 0. The third kappa shape index (κ3) is 3.51. The molecule has 2 aromatic rings. The molecule has 0 radical (unpaired) electrons. The van der Waals surface area contributed by atoms with E-state index in [1.807, 2.05) is 25.1 Å². The molecule has 0 aliphatic rings. The van der Waals surface area contributed by atoms with Crippen molar-refractivity contribution >= 4 is 11.6 Å². The predicted octanol–water partition coefficient (Wildman–Crippen LogP) is 4.93. The fourth-order valence-electron chi connectivity index (χ4n) is 2.33. The minimum Gasteiger partial charge on any atom is -0.488 e. The highest BCUT2D eigenvalue weighted by molar-refractivity contribution is 6.17. The van der Waals surface area contributed by atoms with Crippen LogP contribution in [0.3, 0.4) is 0 Å². The van der Waals surface area contributed by atoms with E-state index in [0.717, 1.165) is 16.9 Å². The molecule has 0 heterocycles. The quantitative estimate of drug-likeness (QED) is 0.719. The van der Waals surface area contributed by atoms with Gasteiger partial charge in [-0.3, -0.25) is 0 Å². The molecule has 0 spiro atoms. The van der Waals surface area contributed by atoms with Crippen molar-refractivity contribution in [2.75, 3.05) is 0 Å². The van der Waals surface area contributed by atoms with Crippen molar-refractivity contribution < 1.29 is 4.74 Å². The second-order valence-corrected chi connectivity index (χ2v) is 5.25. The summed E-state index contributed by atoms with van der Waals surface area (Å²) >= 11 is 5.96. The summed E-state index contributed by atoms with van der Waals surface area (Å²) in [6, 6.07) is 12.6. The first kappa shape index (κ1) is 14.0. The molecule has 2 aromatic carbocycles. The van der Waals surface area contributed by atoms with Gasteiger partial charge >= 0.3 is 0 Å². The highest BCUT2D eigenvalue weighted by Crippen LogP contribution is 2.26. The van der Waals surface area contributed by atoms with E-state index in [1.165, 1.54) is 16.7 Å². The first-order chi connectivity index (χ1) is 9.10. The molecule has 0 bridgehead atoms. The monoisotopic (exact) mass is 274 g/mol. The summed E-state index contributed by atoms with van der Waals surface area (Å²) in [5.74, 6) is 1.39. The molecule has 19 heavy (non-hydrogen) atoms. The largest absolute Gasteiger partial charge is 0.488 e. The third-order valence-electron chi connectivity index (χ3n) is 3.10. The Morgan fingerprint density at radius 2 is 1.68 bits per heavy atom. The van der Waals surface area contributed by atoms with Gasteiger partial charge in [-0.2, -0.15) is 0 Å². The van der Waals surface area contributed by atoms with E-state index in [1.54, 1.807) is 0 Å². The van der Waals surface area contributed by atoms with Crippen molar-refractivity contribution in [3.05, 3.63) is 64.2 Å². The zero-order valence-electron chi connectivity index (χ0n) is 11.7. The molecule has 0 amide bonds. The van der Waals surface area contributed by atoms with Crippen molar-refractivity contribution in [1.82, 2.24) is 0 Å². The SMILES string of the molecule is Cc1cc(C)cc(COc2c(C)cccc2CCl)c1. The maximum atomic E-state index is 5.97. The fourth-order valence-corrected chi connectivity index (χ4v) is 2.54. The summed E-state index contributed by atoms with van der Waals surface area (Å²) in [7, 11) is 0. The lowest BCUT2D eigenvalue weighted by atomic mass is 10.1. The van der Waals surface area contributed by atoms with Crippen LogP contribution in [0.1, 0.15) is 27.8 Å². The van der Waals surface area contributed by atoms with Crippen LogP contribution in [-0.4, -0.2) is 0 Å². The van der Waals surface area contributed by atoms with E-state index in [0.29, 0.717) is 12.5 Å².